The number of ether oxygens (including phenoxy) is 2. The lowest BCUT2D eigenvalue weighted by Gasteiger charge is -2.02. The lowest BCUT2D eigenvalue weighted by Crippen LogP contribution is -2.21. The molecule has 64 valence electrons. The number of nitrogens with zero attached hydrogens (tertiary/aromatic N) is 1. The lowest BCUT2D eigenvalue weighted by molar-refractivity contribution is -0.143. The van der Waals surface area contributed by atoms with Gasteiger partial charge < -0.3 is 9.47 Å². The molecule has 0 unspecified atom stereocenters. The van der Waals surface area contributed by atoms with Crippen molar-refractivity contribution in [3.63, 3.8) is 0 Å². The van der Waals surface area contributed by atoms with E-state index in [1.807, 2.05) is 0 Å². The summed E-state index contributed by atoms with van der Waals surface area (Å²) in [6.45, 7) is 0. The number of esters is 1. The highest BCUT2D eigenvalue weighted by molar-refractivity contribution is 5.90. The molecule has 12 heavy (non-hydrogen) atoms. The minimum atomic E-state index is -1.08. The molecular formula is C7H7NO4. The SMILES string of the molecule is COC(=O)OC(=O)C1(C#N)CC1. The fraction of sp³-hybridized carbons (Fsp3) is 0.571. The zero-order valence-electron chi connectivity index (χ0n) is 6.49. The molecular weight excluding hydrogens is 162 g/mol. The van der Waals surface area contributed by atoms with E-state index in [-0.39, 0.29) is 0 Å². The third-order valence-corrected chi connectivity index (χ3v) is 1.70. The lowest BCUT2D eigenvalue weighted by atomic mass is 10.1. The van der Waals surface area contributed by atoms with E-state index in [2.05, 4.69) is 9.47 Å². The van der Waals surface area contributed by atoms with E-state index in [0.717, 1.165) is 7.11 Å². The van der Waals surface area contributed by atoms with E-state index >= 15 is 0 Å². The van der Waals surface area contributed by atoms with Crippen molar-refractivity contribution in [3.8, 4) is 6.07 Å². The number of nitriles is 1. The fourth-order valence-electron chi connectivity index (χ4n) is 0.702. The summed E-state index contributed by atoms with van der Waals surface area (Å²) >= 11 is 0. The molecule has 1 saturated carbocycles. The molecule has 1 fully saturated rings. The van der Waals surface area contributed by atoms with Crippen molar-refractivity contribution in [2.45, 2.75) is 12.8 Å². The Balaban J connectivity index is 2.51. The van der Waals surface area contributed by atoms with E-state index in [9.17, 15) is 9.59 Å². The van der Waals surface area contributed by atoms with Gasteiger partial charge in [-0.25, -0.2) is 9.59 Å². The molecule has 0 atom stereocenters. The molecule has 5 heteroatoms. The van der Waals surface area contributed by atoms with Crippen LogP contribution in [0.25, 0.3) is 0 Å². The first-order valence-corrected chi connectivity index (χ1v) is 3.36. The largest absolute Gasteiger partial charge is 0.515 e. The standard InChI is InChI=1S/C7H7NO4/c1-11-6(10)12-5(9)7(4-8)2-3-7/h2-3H2,1H3. The van der Waals surface area contributed by atoms with Gasteiger partial charge >= 0.3 is 12.1 Å². The first kappa shape index (κ1) is 8.53. The van der Waals surface area contributed by atoms with Crippen molar-refractivity contribution in [2.75, 3.05) is 7.11 Å². The Hall–Kier alpha value is -1.57. The molecule has 0 radical (unpaired) electrons. The predicted molar refractivity (Wildman–Crippen MR) is 35.8 cm³/mol. The number of rotatable bonds is 1. The molecule has 0 aromatic rings. The minimum Gasteiger partial charge on any atom is -0.437 e. The summed E-state index contributed by atoms with van der Waals surface area (Å²) in [5, 5.41) is 8.51. The van der Waals surface area contributed by atoms with Gasteiger partial charge in [-0.15, -0.1) is 0 Å². The summed E-state index contributed by atoms with van der Waals surface area (Å²) in [6, 6.07) is 1.80. The maximum atomic E-state index is 11.0. The summed E-state index contributed by atoms with van der Waals surface area (Å²) in [4.78, 5) is 21.4. The van der Waals surface area contributed by atoms with Gasteiger partial charge in [0.15, 0.2) is 5.41 Å². The molecule has 0 spiro atoms. The maximum Gasteiger partial charge on any atom is 0.515 e. The normalized spacial score (nSPS) is 17.3. The zero-order valence-corrected chi connectivity index (χ0v) is 6.49. The van der Waals surface area contributed by atoms with Crippen LogP contribution in [0.5, 0.6) is 0 Å². The zero-order chi connectivity index (χ0) is 9.19. The Kier molecular flexibility index (Phi) is 2.00. The molecule has 0 aromatic carbocycles. The van der Waals surface area contributed by atoms with E-state index in [1.54, 1.807) is 6.07 Å². The number of carbonyl (C=O) groups excluding carboxylic acids is 2. The first-order chi connectivity index (χ1) is 5.64. The van der Waals surface area contributed by atoms with Crippen LogP contribution in [0.3, 0.4) is 0 Å². The van der Waals surface area contributed by atoms with Gasteiger partial charge in [0, 0.05) is 0 Å². The van der Waals surface area contributed by atoms with Crippen LogP contribution in [0.1, 0.15) is 12.8 Å². The molecule has 1 aliphatic carbocycles. The topological polar surface area (TPSA) is 76.4 Å². The summed E-state index contributed by atoms with van der Waals surface area (Å²) in [5.41, 5.74) is -1.08. The van der Waals surface area contributed by atoms with E-state index in [0.29, 0.717) is 12.8 Å². The second-order valence-electron chi connectivity index (χ2n) is 2.54. The van der Waals surface area contributed by atoms with Crippen LogP contribution in [0.4, 0.5) is 4.79 Å². The van der Waals surface area contributed by atoms with E-state index in [4.69, 9.17) is 5.26 Å². The fourth-order valence-corrected chi connectivity index (χ4v) is 0.702. The van der Waals surface area contributed by atoms with Gasteiger partial charge in [0.25, 0.3) is 0 Å². The van der Waals surface area contributed by atoms with Crippen LogP contribution in [0.15, 0.2) is 0 Å². The van der Waals surface area contributed by atoms with Gasteiger partial charge in [-0.3, -0.25) is 0 Å². The summed E-state index contributed by atoms with van der Waals surface area (Å²) < 4.78 is 8.29. The van der Waals surface area contributed by atoms with Crippen LogP contribution in [0, 0.1) is 16.7 Å². The smallest absolute Gasteiger partial charge is 0.437 e. The third-order valence-electron chi connectivity index (χ3n) is 1.70. The van der Waals surface area contributed by atoms with Crippen LogP contribution in [0.2, 0.25) is 0 Å². The van der Waals surface area contributed by atoms with Gasteiger partial charge in [0.2, 0.25) is 0 Å². The second kappa shape index (κ2) is 2.81. The Morgan fingerprint density at radius 2 is 2.08 bits per heavy atom. The number of methoxy groups -OCH3 is 1. The predicted octanol–water partition coefficient (Wildman–Crippen LogP) is 0.600. The van der Waals surface area contributed by atoms with Crippen LogP contribution < -0.4 is 0 Å². The number of hydrogen-bond acceptors (Lipinski definition) is 5. The van der Waals surface area contributed by atoms with Crippen LogP contribution >= 0.6 is 0 Å². The molecule has 0 amide bonds. The van der Waals surface area contributed by atoms with Crippen LogP contribution in [-0.4, -0.2) is 19.2 Å². The van der Waals surface area contributed by atoms with E-state index < -0.39 is 17.5 Å². The monoisotopic (exact) mass is 169 g/mol. The molecule has 0 bridgehead atoms. The molecule has 1 rings (SSSR count). The molecule has 0 aromatic heterocycles. The summed E-state index contributed by atoms with van der Waals surface area (Å²) in [6.07, 6.45) is -0.153. The van der Waals surface area contributed by atoms with Crippen molar-refractivity contribution >= 4 is 12.1 Å². The van der Waals surface area contributed by atoms with Gasteiger partial charge in [-0.2, -0.15) is 5.26 Å². The molecule has 5 nitrogen and oxygen atoms in total. The van der Waals surface area contributed by atoms with Crippen molar-refractivity contribution in [1.29, 1.82) is 5.26 Å². The Labute approximate surface area is 68.9 Å². The first-order valence-electron chi connectivity index (χ1n) is 3.36. The maximum absolute atomic E-state index is 11.0. The Morgan fingerprint density at radius 3 is 2.42 bits per heavy atom. The second-order valence-corrected chi connectivity index (χ2v) is 2.54. The van der Waals surface area contributed by atoms with Crippen molar-refractivity contribution in [2.24, 2.45) is 5.41 Å². The van der Waals surface area contributed by atoms with Gasteiger partial charge in [-0.1, -0.05) is 0 Å². The third kappa shape index (κ3) is 1.37. The minimum absolute atomic E-state index is 0.458. The quantitative estimate of drug-likeness (QED) is 0.424. The van der Waals surface area contributed by atoms with E-state index in [1.165, 1.54) is 0 Å². The van der Waals surface area contributed by atoms with Gasteiger partial charge in [0.05, 0.1) is 13.2 Å². The Morgan fingerprint density at radius 1 is 1.50 bits per heavy atom. The van der Waals surface area contributed by atoms with Crippen LogP contribution in [-0.2, 0) is 14.3 Å². The van der Waals surface area contributed by atoms with Crippen molar-refractivity contribution in [1.82, 2.24) is 0 Å². The van der Waals surface area contributed by atoms with Gasteiger partial charge in [-0.05, 0) is 12.8 Å². The highest BCUT2D eigenvalue weighted by Crippen LogP contribution is 2.45. The highest BCUT2D eigenvalue weighted by Gasteiger charge is 2.53. The average Bonchev–Trinajstić information content (AvgIpc) is 2.84. The molecule has 0 aliphatic heterocycles. The summed E-state index contributed by atoms with van der Waals surface area (Å²) in [7, 11) is 1.10. The highest BCUT2D eigenvalue weighted by atomic mass is 16.7. The summed E-state index contributed by atoms with van der Waals surface area (Å²) in [5.74, 6) is -0.808. The van der Waals surface area contributed by atoms with Crippen molar-refractivity contribution < 1.29 is 19.1 Å². The number of carbonyl (C=O) groups is 2. The Bertz CT molecular complexity index is 261. The molecule has 0 N–H and O–H groups in total. The molecule has 1 aliphatic rings. The molecule has 0 heterocycles. The average molecular weight is 169 g/mol. The molecule has 0 saturated heterocycles. The van der Waals surface area contributed by atoms with Crippen molar-refractivity contribution in [3.05, 3.63) is 0 Å². The number of hydrogen-bond donors (Lipinski definition) is 0. The van der Waals surface area contributed by atoms with Gasteiger partial charge in [0.1, 0.15) is 0 Å².